The molecule has 0 spiro atoms. The largest absolute Gasteiger partial charge is 0.395 e. The minimum atomic E-state index is 0.0962. The summed E-state index contributed by atoms with van der Waals surface area (Å²) in [4.78, 5) is 0. The highest BCUT2D eigenvalue weighted by atomic mass is 16.5. The summed E-state index contributed by atoms with van der Waals surface area (Å²) in [6, 6.07) is 0.715. The minimum absolute atomic E-state index is 0.0962. The Morgan fingerprint density at radius 2 is 2.27 bits per heavy atom. The van der Waals surface area contributed by atoms with Crippen molar-refractivity contribution in [2.24, 2.45) is 0 Å². The van der Waals surface area contributed by atoms with Crippen LogP contribution in [0.3, 0.4) is 0 Å². The van der Waals surface area contributed by atoms with Gasteiger partial charge in [0.05, 0.1) is 32.0 Å². The maximum atomic E-state index is 9.12. The number of rotatable bonds is 7. The van der Waals surface area contributed by atoms with Gasteiger partial charge in [0.2, 0.25) is 0 Å². The van der Waals surface area contributed by atoms with E-state index in [1.54, 1.807) is 0 Å². The Morgan fingerprint density at radius 1 is 1.40 bits per heavy atom. The van der Waals surface area contributed by atoms with Crippen molar-refractivity contribution >= 4 is 0 Å². The average Bonchev–Trinajstić information content (AvgIpc) is 2.91. The molecule has 1 heterocycles. The SMILES string of the molecule is OCC(COCC1CCCO1)NC1CC1. The molecule has 1 aliphatic carbocycles. The van der Waals surface area contributed by atoms with Gasteiger partial charge in [0.25, 0.3) is 0 Å². The molecule has 2 atom stereocenters. The van der Waals surface area contributed by atoms with Crippen molar-refractivity contribution in [3.05, 3.63) is 0 Å². The van der Waals surface area contributed by atoms with Crippen LogP contribution < -0.4 is 5.32 Å². The third kappa shape index (κ3) is 4.07. The fourth-order valence-corrected chi connectivity index (χ4v) is 1.85. The van der Waals surface area contributed by atoms with Crippen molar-refractivity contribution in [2.75, 3.05) is 26.4 Å². The van der Waals surface area contributed by atoms with Crippen LogP contribution in [-0.4, -0.2) is 49.7 Å². The molecule has 15 heavy (non-hydrogen) atoms. The third-order valence-corrected chi connectivity index (χ3v) is 2.92. The Bertz CT molecular complexity index is 179. The lowest BCUT2D eigenvalue weighted by Gasteiger charge is -2.17. The summed E-state index contributed by atoms with van der Waals surface area (Å²) in [6.45, 7) is 2.29. The molecule has 2 N–H and O–H groups in total. The predicted octanol–water partition coefficient (Wildman–Crippen LogP) is 0.295. The highest BCUT2D eigenvalue weighted by Crippen LogP contribution is 2.19. The van der Waals surface area contributed by atoms with Crippen LogP contribution in [-0.2, 0) is 9.47 Å². The lowest BCUT2D eigenvalue weighted by Crippen LogP contribution is -2.38. The van der Waals surface area contributed by atoms with Crippen molar-refractivity contribution in [1.82, 2.24) is 5.32 Å². The molecule has 4 heteroatoms. The zero-order valence-corrected chi connectivity index (χ0v) is 9.15. The maximum Gasteiger partial charge on any atom is 0.0809 e. The van der Waals surface area contributed by atoms with E-state index in [1.165, 1.54) is 12.8 Å². The van der Waals surface area contributed by atoms with Gasteiger partial charge in [0.1, 0.15) is 0 Å². The van der Waals surface area contributed by atoms with Crippen molar-refractivity contribution in [3.63, 3.8) is 0 Å². The summed E-state index contributed by atoms with van der Waals surface area (Å²) >= 11 is 0. The van der Waals surface area contributed by atoms with Gasteiger partial charge >= 0.3 is 0 Å². The Balaban J connectivity index is 1.53. The van der Waals surface area contributed by atoms with Crippen LogP contribution in [0.15, 0.2) is 0 Å². The summed E-state index contributed by atoms with van der Waals surface area (Å²) in [7, 11) is 0. The van der Waals surface area contributed by atoms with Gasteiger partial charge in [-0.25, -0.2) is 0 Å². The smallest absolute Gasteiger partial charge is 0.0809 e. The number of aliphatic hydroxyl groups excluding tert-OH is 1. The molecule has 2 fully saturated rings. The van der Waals surface area contributed by atoms with Gasteiger partial charge in [-0.2, -0.15) is 0 Å². The Kier molecular flexibility index (Phi) is 4.38. The van der Waals surface area contributed by atoms with E-state index >= 15 is 0 Å². The van der Waals surface area contributed by atoms with E-state index in [-0.39, 0.29) is 18.8 Å². The molecule has 2 aliphatic rings. The van der Waals surface area contributed by atoms with Crippen molar-refractivity contribution < 1.29 is 14.6 Å². The van der Waals surface area contributed by atoms with Crippen molar-refractivity contribution in [3.8, 4) is 0 Å². The fourth-order valence-electron chi connectivity index (χ4n) is 1.85. The number of hydrogen-bond acceptors (Lipinski definition) is 4. The van der Waals surface area contributed by atoms with Crippen LogP contribution in [0, 0.1) is 0 Å². The Labute approximate surface area is 90.9 Å². The minimum Gasteiger partial charge on any atom is -0.395 e. The van der Waals surface area contributed by atoms with E-state index in [0.717, 1.165) is 19.4 Å². The van der Waals surface area contributed by atoms with Gasteiger partial charge in [0, 0.05) is 12.6 Å². The molecular weight excluding hydrogens is 194 g/mol. The number of hydrogen-bond donors (Lipinski definition) is 2. The fraction of sp³-hybridized carbons (Fsp3) is 1.00. The summed E-state index contributed by atoms with van der Waals surface area (Å²) in [5.74, 6) is 0. The zero-order valence-electron chi connectivity index (χ0n) is 9.15. The highest BCUT2D eigenvalue weighted by molar-refractivity contribution is 4.84. The molecule has 1 aliphatic heterocycles. The van der Waals surface area contributed by atoms with E-state index < -0.39 is 0 Å². The second kappa shape index (κ2) is 5.80. The molecule has 0 bridgehead atoms. The summed E-state index contributed by atoms with van der Waals surface area (Å²) in [6.07, 6.45) is 5.02. The molecule has 4 nitrogen and oxygen atoms in total. The Morgan fingerprint density at radius 3 is 2.87 bits per heavy atom. The Hall–Kier alpha value is -0.160. The normalized spacial score (nSPS) is 28.2. The van der Waals surface area contributed by atoms with Crippen LogP contribution in [0.4, 0.5) is 0 Å². The van der Waals surface area contributed by atoms with Crippen LogP contribution in [0.2, 0.25) is 0 Å². The first kappa shape index (κ1) is 11.3. The average molecular weight is 215 g/mol. The molecule has 0 aromatic carbocycles. The van der Waals surface area contributed by atoms with Gasteiger partial charge in [-0.05, 0) is 25.7 Å². The van der Waals surface area contributed by atoms with Crippen LogP contribution in [0.25, 0.3) is 0 Å². The van der Waals surface area contributed by atoms with Crippen molar-refractivity contribution in [1.29, 1.82) is 0 Å². The first-order valence-corrected chi connectivity index (χ1v) is 5.94. The molecule has 0 radical (unpaired) electrons. The van der Waals surface area contributed by atoms with Crippen LogP contribution >= 0.6 is 0 Å². The van der Waals surface area contributed by atoms with E-state index in [1.807, 2.05) is 0 Å². The zero-order chi connectivity index (χ0) is 10.5. The second-order valence-corrected chi connectivity index (χ2v) is 4.49. The highest BCUT2D eigenvalue weighted by Gasteiger charge is 2.24. The van der Waals surface area contributed by atoms with E-state index in [2.05, 4.69) is 5.32 Å². The van der Waals surface area contributed by atoms with Gasteiger partial charge in [-0.3, -0.25) is 0 Å². The molecule has 0 aromatic rings. The van der Waals surface area contributed by atoms with E-state index in [0.29, 0.717) is 19.3 Å². The summed E-state index contributed by atoms with van der Waals surface area (Å²) in [5.41, 5.74) is 0. The molecule has 0 aromatic heterocycles. The lowest BCUT2D eigenvalue weighted by atomic mass is 10.2. The first-order valence-electron chi connectivity index (χ1n) is 5.94. The summed E-state index contributed by atoms with van der Waals surface area (Å²) < 4.78 is 11.0. The summed E-state index contributed by atoms with van der Waals surface area (Å²) in [5, 5.41) is 12.5. The van der Waals surface area contributed by atoms with Gasteiger partial charge in [-0.1, -0.05) is 0 Å². The molecule has 88 valence electrons. The molecule has 2 rings (SSSR count). The second-order valence-electron chi connectivity index (χ2n) is 4.49. The number of aliphatic hydroxyl groups is 1. The van der Waals surface area contributed by atoms with Gasteiger partial charge in [-0.15, -0.1) is 0 Å². The molecular formula is C11H21NO3. The topological polar surface area (TPSA) is 50.7 Å². The lowest BCUT2D eigenvalue weighted by molar-refractivity contribution is 0.00474. The van der Waals surface area contributed by atoms with E-state index in [4.69, 9.17) is 14.6 Å². The molecule has 2 unspecified atom stereocenters. The standard InChI is InChI=1S/C11H21NO3/c13-6-10(12-9-3-4-9)7-14-8-11-2-1-5-15-11/h9-13H,1-8H2. The van der Waals surface area contributed by atoms with Crippen molar-refractivity contribution in [2.45, 2.75) is 43.9 Å². The van der Waals surface area contributed by atoms with E-state index in [9.17, 15) is 0 Å². The first-order chi connectivity index (χ1) is 7.38. The predicted molar refractivity (Wildman–Crippen MR) is 56.8 cm³/mol. The monoisotopic (exact) mass is 215 g/mol. The molecule has 1 saturated carbocycles. The number of ether oxygens (including phenoxy) is 2. The molecule has 1 saturated heterocycles. The third-order valence-electron chi connectivity index (χ3n) is 2.92. The number of nitrogens with one attached hydrogen (secondary N) is 1. The quantitative estimate of drug-likeness (QED) is 0.641. The van der Waals surface area contributed by atoms with Crippen LogP contribution in [0.5, 0.6) is 0 Å². The van der Waals surface area contributed by atoms with Gasteiger partial charge in [0.15, 0.2) is 0 Å². The molecule has 0 amide bonds. The van der Waals surface area contributed by atoms with Gasteiger partial charge < -0.3 is 19.9 Å². The van der Waals surface area contributed by atoms with Crippen LogP contribution in [0.1, 0.15) is 25.7 Å². The maximum absolute atomic E-state index is 9.12.